The van der Waals surface area contributed by atoms with E-state index in [2.05, 4.69) is 22.1 Å². The molecule has 0 radical (unpaired) electrons. The van der Waals surface area contributed by atoms with Gasteiger partial charge in [-0.1, -0.05) is 0 Å². The predicted molar refractivity (Wildman–Crippen MR) is 79.4 cm³/mol. The Labute approximate surface area is 123 Å². The number of hydrogen-bond donors (Lipinski definition) is 2. The van der Waals surface area contributed by atoms with Crippen LogP contribution in [0.25, 0.3) is 0 Å². The van der Waals surface area contributed by atoms with E-state index < -0.39 is 0 Å². The van der Waals surface area contributed by atoms with Gasteiger partial charge in [-0.3, -0.25) is 14.5 Å². The third-order valence-corrected chi connectivity index (χ3v) is 4.05. The molecule has 2 N–H and O–H groups in total. The molecule has 1 aliphatic rings. The zero-order valence-electron chi connectivity index (χ0n) is 11.7. The van der Waals surface area contributed by atoms with E-state index in [1.807, 2.05) is 17.3 Å². The highest BCUT2D eigenvalue weighted by Crippen LogP contribution is 2.08. The lowest BCUT2D eigenvalue weighted by molar-refractivity contribution is -0.129. The minimum absolute atomic E-state index is 0.0589. The lowest BCUT2D eigenvalue weighted by Gasteiger charge is -2.19. The molecule has 0 aromatic carbocycles. The second kappa shape index (κ2) is 7.40. The van der Waals surface area contributed by atoms with Gasteiger partial charge in [0.15, 0.2) is 0 Å². The smallest absolute Gasteiger partial charge is 0.242 e. The molecular weight excluding hydrogens is 274 g/mol. The number of nitrogens with zero attached hydrogens (tertiary/aromatic N) is 1. The Kier molecular flexibility index (Phi) is 5.55. The molecule has 1 unspecified atom stereocenters. The van der Waals surface area contributed by atoms with Gasteiger partial charge in [0.05, 0.1) is 6.54 Å². The maximum atomic E-state index is 12.0. The van der Waals surface area contributed by atoms with Crippen molar-refractivity contribution >= 4 is 23.2 Å². The first-order chi connectivity index (χ1) is 9.65. The summed E-state index contributed by atoms with van der Waals surface area (Å²) in [5.74, 6) is -0.152. The first kappa shape index (κ1) is 15.0. The fourth-order valence-electron chi connectivity index (χ4n) is 2.31. The molecule has 0 bridgehead atoms. The molecule has 6 heteroatoms. The van der Waals surface area contributed by atoms with Crippen molar-refractivity contribution in [2.24, 2.45) is 0 Å². The van der Waals surface area contributed by atoms with E-state index in [0.717, 1.165) is 25.8 Å². The molecule has 20 heavy (non-hydrogen) atoms. The van der Waals surface area contributed by atoms with Crippen LogP contribution in [-0.4, -0.2) is 42.9 Å². The summed E-state index contributed by atoms with van der Waals surface area (Å²) in [6.45, 7) is 1.76. The molecule has 1 fully saturated rings. The molecule has 0 aliphatic carbocycles. The largest absolute Gasteiger partial charge is 0.354 e. The summed E-state index contributed by atoms with van der Waals surface area (Å²) >= 11 is 1.65. The average molecular weight is 295 g/mol. The highest BCUT2D eigenvalue weighted by atomic mass is 32.1. The van der Waals surface area contributed by atoms with Crippen LogP contribution in [0.1, 0.15) is 24.8 Å². The minimum atomic E-state index is -0.375. The summed E-state index contributed by atoms with van der Waals surface area (Å²) in [4.78, 5) is 25.7. The van der Waals surface area contributed by atoms with Crippen molar-refractivity contribution in [1.82, 2.24) is 15.5 Å². The van der Waals surface area contributed by atoms with Crippen LogP contribution < -0.4 is 10.6 Å². The van der Waals surface area contributed by atoms with Crippen LogP contribution in [0.3, 0.4) is 0 Å². The van der Waals surface area contributed by atoms with Crippen molar-refractivity contribution < 1.29 is 9.59 Å². The Hall–Kier alpha value is -1.40. The SMILES string of the molecule is CN(CC(=O)NC1CCCCNC1=O)Cc1ccsc1. The van der Waals surface area contributed by atoms with E-state index >= 15 is 0 Å². The highest BCUT2D eigenvalue weighted by Gasteiger charge is 2.22. The van der Waals surface area contributed by atoms with Gasteiger partial charge in [0, 0.05) is 13.1 Å². The molecule has 5 nitrogen and oxygen atoms in total. The molecule has 1 saturated heterocycles. The maximum absolute atomic E-state index is 12.0. The standard InChI is InChI=1S/C14H21N3O2S/c1-17(8-11-5-7-20-10-11)9-13(18)16-12-4-2-3-6-15-14(12)19/h5,7,10,12H,2-4,6,8-9H2,1H3,(H,15,19)(H,16,18). The number of carbonyl (C=O) groups is 2. The molecule has 0 saturated carbocycles. The zero-order chi connectivity index (χ0) is 14.4. The van der Waals surface area contributed by atoms with Gasteiger partial charge in [-0.05, 0) is 48.7 Å². The third kappa shape index (κ3) is 4.61. The summed E-state index contributed by atoms with van der Waals surface area (Å²) in [7, 11) is 1.91. The number of amides is 2. The Morgan fingerprint density at radius 3 is 3.15 bits per heavy atom. The van der Waals surface area contributed by atoms with Crippen molar-refractivity contribution in [3.8, 4) is 0 Å². The summed E-state index contributed by atoms with van der Waals surface area (Å²) in [5, 5.41) is 9.76. The molecule has 2 amide bonds. The number of likely N-dealkylation sites (N-methyl/N-ethyl adjacent to an activating group) is 1. The molecule has 1 aliphatic heterocycles. The Morgan fingerprint density at radius 2 is 2.40 bits per heavy atom. The molecule has 1 aromatic heterocycles. The summed E-state index contributed by atoms with van der Waals surface area (Å²) in [6, 6.07) is 1.68. The van der Waals surface area contributed by atoms with Crippen molar-refractivity contribution in [3.63, 3.8) is 0 Å². The molecule has 2 rings (SSSR count). The lowest BCUT2D eigenvalue weighted by atomic mass is 10.1. The van der Waals surface area contributed by atoms with Crippen LogP contribution in [0.4, 0.5) is 0 Å². The third-order valence-electron chi connectivity index (χ3n) is 3.32. The number of nitrogens with one attached hydrogen (secondary N) is 2. The van der Waals surface area contributed by atoms with Gasteiger partial charge in [0.2, 0.25) is 11.8 Å². The maximum Gasteiger partial charge on any atom is 0.242 e. The first-order valence-corrected chi connectivity index (χ1v) is 7.86. The molecule has 2 heterocycles. The fourth-order valence-corrected chi connectivity index (χ4v) is 2.97. The molecule has 1 aromatic rings. The fraction of sp³-hybridized carbons (Fsp3) is 0.571. The summed E-state index contributed by atoms with van der Waals surface area (Å²) in [6.07, 6.45) is 2.68. The second-order valence-corrected chi connectivity index (χ2v) is 5.99. The molecule has 110 valence electrons. The highest BCUT2D eigenvalue weighted by molar-refractivity contribution is 7.07. The van der Waals surface area contributed by atoms with E-state index in [-0.39, 0.29) is 17.9 Å². The molecule has 1 atom stereocenters. The van der Waals surface area contributed by atoms with E-state index in [4.69, 9.17) is 0 Å². The summed E-state index contributed by atoms with van der Waals surface area (Å²) < 4.78 is 0. The minimum Gasteiger partial charge on any atom is -0.354 e. The van der Waals surface area contributed by atoms with Gasteiger partial charge in [0.25, 0.3) is 0 Å². The quantitative estimate of drug-likeness (QED) is 0.851. The Bertz CT molecular complexity index is 447. The van der Waals surface area contributed by atoms with Crippen LogP contribution in [0.2, 0.25) is 0 Å². The number of thiophene rings is 1. The van der Waals surface area contributed by atoms with Crippen molar-refractivity contribution in [3.05, 3.63) is 22.4 Å². The van der Waals surface area contributed by atoms with E-state index in [1.165, 1.54) is 5.56 Å². The van der Waals surface area contributed by atoms with Crippen LogP contribution in [0, 0.1) is 0 Å². The van der Waals surface area contributed by atoms with Gasteiger partial charge < -0.3 is 10.6 Å². The van der Waals surface area contributed by atoms with E-state index in [1.54, 1.807) is 11.3 Å². The normalized spacial score (nSPS) is 19.5. The lowest BCUT2D eigenvalue weighted by Crippen LogP contribution is -2.48. The van der Waals surface area contributed by atoms with E-state index in [9.17, 15) is 9.59 Å². The Morgan fingerprint density at radius 1 is 1.55 bits per heavy atom. The topological polar surface area (TPSA) is 61.4 Å². The number of rotatable bonds is 5. The van der Waals surface area contributed by atoms with Crippen molar-refractivity contribution in [1.29, 1.82) is 0 Å². The summed E-state index contributed by atoms with van der Waals surface area (Å²) in [5.41, 5.74) is 1.21. The molecular formula is C14H21N3O2S. The first-order valence-electron chi connectivity index (χ1n) is 6.92. The van der Waals surface area contributed by atoms with Crippen LogP contribution in [-0.2, 0) is 16.1 Å². The zero-order valence-corrected chi connectivity index (χ0v) is 12.5. The van der Waals surface area contributed by atoms with Crippen LogP contribution >= 0.6 is 11.3 Å². The van der Waals surface area contributed by atoms with Gasteiger partial charge in [-0.15, -0.1) is 0 Å². The van der Waals surface area contributed by atoms with Gasteiger partial charge in [-0.2, -0.15) is 11.3 Å². The van der Waals surface area contributed by atoms with E-state index in [0.29, 0.717) is 13.1 Å². The van der Waals surface area contributed by atoms with Crippen LogP contribution in [0.15, 0.2) is 16.8 Å². The van der Waals surface area contributed by atoms with Crippen molar-refractivity contribution in [2.45, 2.75) is 31.8 Å². The van der Waals surface area contributed by atoms with Gasteiger partial charge >= 0.3 is 0 Å². The second-order valence-electron chi connectivity index (χ2n) is 5.21. The Balaban J connectivity index is 1.77. The average Bonchev–Trinajstić information content (AvgIpc) is 2.81. The van der Waals surface area contributed by atoms with Crippen molar-refractivity contribution in [2.75, 3.05) is 20.1 Å². The van der Waals surface area contributed by atoms with Crippen LogP contribution in [0.5, 0.6) is 0 Å². The van der Waals surface area contributed by atoms with Gasteiger partial charge in [-0.25, -0.2) is 0 Å². The number of hydrogen-bond acceptors (Lipinski definition) is 4. The monoisotopic (exact) mass is 295 g/mol. The van der Waals surface area contributed by atoms with Gasteiger partial charge in [0.1, 0.15) is 6.04 Å². The molecule has 0 spiro atoms. The number of carbonyl (C=O) groups excluding carboxylic acids is 2. The predicted octanol–water partition coefficient (Wildman–Crippen LogP) is 0.965.